The molecule has 0 radical (unpaired) electrons. The zero-order valence-electron chi connectivity index (χ0n) is 10.1. The van der Waals surface area contributed by atoms with Crippen molar-refractivity contribution in [3.05, 3.63) is 33.0 Å². The molecule has 0 saturated heterocycles. The highest BCUT2D eigenvalue weighted by Gasteiger charge is 2.20. The van der Waals surface area contributed by atoms with Crippen molar-refractivity contribution >= 4 is 27.8 Å². The number of nitrogens with two attached hydrogens (primary N) is 1. The van der Waals surface area contributed by atoms with Gasteiger partial charge in [0.05, 0.1) is 4.88 Å². The number of thiazole rings is 1. The van der Waals surface area contributed by atoms with Crippen molar-refractivity contribution in [2.45, 2.75) is 32.3 Å². The Balaban J connectivity index is 2.26. The van der Waals surface area contributed by atoms with E-state index < -0.39 is 6.10 Å². The zero-order chi connectivity index (χ0) is 12.6. The lowest BCUT2D eigenvalue weighted by atomic mass is 9.95. The second kappa shape index (κ2) is 4.40. The SMILES string of the molecule is CC(C)(C)c1ccc(C(O)c2cnc(N)s2)s1. The predicted octanol–water partition coefficient (Wildman–Crippen LogP) is 3.17. The van der Waals surface area contributed by atoms with Crippen LogP contribution in [0.1, 0.15) is 41.5 Å². The fraction of sp³-hybridized carbons (Fsp3) is 0.417. The molecule has 0 fully saturated rings. The van der Waals surface area contributed by atoms with E-state index in [1.807, 2.05) is 6.07 Å². The molecule has 1 atom stereocenters. The molecular formula is C12H16N2OS2. The van der Waals surface area contributed by atoms with Crippen molar-refractivity contribution in [1.82, 2.24) is 4.98 Å². The van der Waals surface area contributed by atoms with Gasteiger partial charge >= 0.3 is 0 Å². The van der Waals surface area contributed by atoms with E-state index in [0.717, 1.165) is 9.75 Å². The number of aliphatic hydroxyl groups excluding tert-OH is 1. The third kappa shape index (κ3) is 2.68. The van der Waals surface area contributed by atoms with Crippen molar-refractivity contribution in [3.8, 4) is 0 Å². The third-order valence-electron chi connectivity index (χ3n) is 2.45. The Kier molecular flexibility index (Phi) is 3.25. The molecular weight excluding hydrogens is 252 g/mol. The highest BCUT2D eigenvalue weighted by molar-refractivity contribution is 7.16. The van der Waals surface area contributed by atoms with Gasteiger partial charge in [-0.05, 0) is 17.5 Å². The number of nitrogen functional groups attached to an aromatic ring is 1. The number of nitrogens with zero attached hydrogens (tertiary/aromatic N) is 1. The lowest BCUT2D eigenvalue weighted by Gasteiger charge is -2.15. The topological polar surface area (TPSA) is 59.1 Å². The maximum absolute atomic E-state index is 10.2. The molecule has 0 bridgehead atoms. The van der Waals surface area contributed by atoms with Crippen molar-refractivity contribution in [2.24, 2.45) is 0 Å². The molecule has 3 nitrogen and oxygen atoms in total. The predicted molar refractivity (Wildman–Crippen MR) is 73.6 cm³/mol. The minimum atomic E-state index is -0.606. The van der Waals surface area contributed by atoms with E-state index in [0.29, 0.717) is 5.13 Å². The summed E-state index contributed by atoms with van der Waals surface area (Å²) < 4.78 is 0. The van der Waals surface area contributed by atoms with Gasteiger partial charge in [0.1, 0.15) is 6.10 Å². The van der Waals surface area contributed by atoms with Gasteiger partial charge in [-0.15, -0.1) is 11.3 Å². The van der Waals surface area contributed by atoms with Crippen LogP contribution in [0.25, 0.3) is 0 Å². The summed E-state index contributed by atoms with van der Waals surface area (Å²) in [7, 11) is 0. The van der Waals surface area contributed by atoms with Crippen LogP contribution in [0, 0.1) is 0 Å². The average Bonchev–Trinajstić information content (AvgIpc) is 2.83. The van der Waals surface area contributed by atoms with Gasteiger partial charge in [-0.3, -0.25) is 0 Å². The number of anilines is 1. The van der Waals surface area contributed by atoms with Crippen molar-refractivity contribution in [2.75, 3.05) is 5.73 Å². The molecule has 0 amide bonds. The number of rotatable bonds is 2. The highest BCUT2D eigenvalue weighted by atomic mass is 32.1. The summed E-state index contributed by atoms with van der Waals surface area (Å²) in [6, 6.07) is 4.05. The minimum absolute atomic E-state index is 0.120. The number of hydrogen-bond donors (Lipinski definition) is 2. The van der Waals surface area contributed by atoms with Gasteiger partial charge in [-0.1, -0.05) is 32.1 Å². The first-order valence-electron chi connectivity index (χ1n) is 5.37. The molecule has 5 heteroatoms. The van der Waals surface area contributed by atoms with Gasteiger partial charge in [0.25, 0.3) is 0 Å². The zero-order valence-corrected chi connectivity index (χ0v) is 11.7. The summed E-state index contributed by atoms with van der Waals surface area (Å²) in [5.74, 6) is 0. The molecule has 0 aromatic carbocycles. The van der Waals surface area contributed by atoms with E-state index in [4.69, 9.17) is 5.73 Å². The Bertz CT molecular complexity index is 511. The molecule has 2 heterocycles. The van der Waals surface area contributed by atoms with Crippen LogP contribution < -0.4 is 5.73 Å². The molecule has 0 aliphatic rings. The normalized spacial score (nSPS) is 13.9. The number of aromatic nitrogens is 1. The fourth-order valence-corrected chi connectivity index (χ4v) is 3.31. The molecule has 0 aliphatic carbocycles. The highest BCUT2D eigenvalue weighted by Crippen LogP contribution is 2.36. The molecule has 92 valence electrons. The van der Waals surface area contributed by atoms with Crippen LogP contribution in [-0.4, -0.2) is 10.1 Å². The van der Waals surface area contributed by atoms with Crippen LogP contribution in [0.2, 0.25) is 0 Å². The van der Waals surface area contributed by atoms with Crippen LogP contribution in [-0.2, 0) is 5.41 Å². The van der Waals surface area contributed by atoms with Crippen molar-refractivity contribution < 1.29 is 5.11 Å². The Labute approximate surface area is 109 Å². The van der Waals surface area contributed by atoms with Crippen LogP contribution in [0.3, 0.4) is 0 Å². The number of hydrogen-bond acceptors (Lipinski definition) is 5. The van der Waals surface area contributed by atoms with Crippen LogP contribution in [0.15, 0.2) is 18.3 Å². The molecule has 0 aliphatic heterocycles. The van der Waals surface area contributed by atoms with Crippen LogP contribution in [0.4, 0.5) is 5.13 Å². The Morgan fingerprint density at radius 3 is 2.41 bits per heavy atom. The third-order valence-corrected chi connectivity index (χ3v) is 4.89. The number of aliphatic hydroxyl groups is 1. The maximum atomic E-state index is 10.2. The van der Waals surface area contributed by atoms with Gasteiger partial charge in [0.15, 0.2) is 5.13 Å². The van der Waals surface area contributed by atoms with E-state index >= 15 is 0 Å². The van der Waals surface area contributed by atoms with Crippen molar-refractivity contribution in [3.63, 3.8) is 0 Å². The van der Waals surface area contributed by atoms with Crippen LogP contribution >= 0.6 is 22.7 Å². The Morgan fingerprint density at radius 2 is 1.94 bits per heavy atom. The largest absolute Gasteiger partial charge is 0.382 e. The summed E-state index contributed by atoms with van der Waals surface area (Å²) in [5.41, 5.74) is 5.69. The van der Waals surface area contributed by atoms with Gasteiger partial charge < -0.3 is 10.8 Å². The van der Waals surface area contributed by atoms with E-state index in [1.54, 1.807) is 17.5 Å². The Hall–Kier alpha value is -0.910. The summed E-state index contributed by atoms with van der Waals surface area (Å²) in [4.78, 5) is 6.97. The van der Waals surface area contributed by atoms with Gasteiger partial charge in [-0.25, -0.2) is 4.98 Å². The molecule has 3 N–H and O–H groups in total. The maximum Gasteiger partial charge on any atom is 0.180 e. The smallest absolute Gasteiger partial charge is 0.180 e. The number of thiophene rings is 1. The first-order valence-corrected chi connectivity index (χ1v) is 7.00. The molecule has 17 heavy (non-hydrogen) atoms. The molecule has 2 aromatic heterocycles. The molecule has 2 rings (SSSR count). The van der Waals surface area contributed by atoms with E-state index in [2.05, 4.69) is 31.8 Å². The molecule has 0 spiro atoms. The Morgan fingerprint density at radius 1 is 1.24 bits per heavy atom. The first kappa shape index (κ1) is 12.5. The summed E-state index contributed by atoms with van der Waals surface area (Å²) in [6.07, 6.45) is 1.03. The second-order valence-electron chi connectivity index (χ2n) is 4.96. The van der Waals surface area contributed by atoms with Crippen LogP contribution in [0.5, 0.6) is 0 Å². The summed E-state index contributed by atoms with van der Waals surface area (Å²) >= 11 is 2.97. The monoisotopic (exact) mass is 268 g/mol. The molecule has 0 saturated carbocycles. The minimum Gasteiger partial charge on any atom is -0.382 e. The fourth-order valence-electron chi connectivity index (χ4n) is 1.47. The lowest BCUT2D eigenvalue weighted by molar-refractivity contribution is 0.228. The second-order valence-corrected chi connectivity index (χ2v) is 7.16. The standard InChI is InChI=1S/C12H16N2OS2/c1-12(2,3)9-5-4-7(16-9)10(15)8-6-14-11(13)17-8/h4-6,10,15H,1-3H3,(H2,13,14). The molecule has 1 unspecified atom stereocenters. The van der Waals surface area contributed by atoms with Crippen molar-refractivity contribution in [1.29, 1.82) is 0 Å². The quantitative estimate of drug-likeness (QED) is 0.879. The van der Waals surface area contributed by atoms with Gasteiger partial charge in [-0.2, -0.15) is 0 Å². The van der Waals surface area contributed by atoms with E-state index in [1.165, 1.54) is 16.2 Å². The average molecular weight is 268 g/mol. The van der Waals surface area contributed by atoms with E-state index in [-0.39, 0.29) is 5.41 Å². The van der Waals surface area contributed by atoms with E-state index in [9.17, 15) is 5.11 Å². The van der Waals surface area contributed by atoms with Gasteiger partial charge in [0.2, 0.25) is 0 Å². The first-order chi connectivity index (χ1) is 7.88. The molecule has 2 aromatic rings. The lowest BCUT2D eigenvalue weighted by Crippen LogP contribution is -2.07. The summed E-state index contributed by atoms with van der Waals surface area (Å²) in [5, 5.41) is 10.7. The van der Waals surface area contributed by atoms with Gasteiger partial charge in [0, 0.05) is 16.0 Å². The summed E-state index contributed by atoms with van der Waals surface area (Å²) in [6.45, 7) is 6.50.